The van der Waals surface area contributed by atoms with Gasteiger partial charge in [0.2, 0.25) is 0 Å². The molecule has 0 spiro atoms. The fourth-order valence-electron chi connectivity index (χ4n) is 3.00. The first-order chi connectivity index (χ1) is 14.6. The Morgan fingerprint density at radius 1 is 0.633 bits per heavy atom. The van der Waals surface area contributed by atoms with E-state index < -0.39 is 11.6 Å². The Bertz CT molecular complexity index is 1090. The van der Waals surface area contributed by atoms with E-state index in [1.807, 2.05) is 48.5 Å². The average molecular weight is 398 g/mol. The molecule has 0 unspecified atom stereocenters. The monoisotopic (exact) mass is 398 g/mol. The lowest BCUT2D eigenvalue weighted by Gasteiger charge is -2.00. The van der Waals surface area contributed by atoms with Gasteiger partial charge in [0.1, 0.15) is 11.6 Å². The number of halogens is 2. The van der Waals surface area contributed by atoms with Crippen LogP contribution in [-0.2, 0) is 12.8 Å². The van der Waals surface area contributed by atoms with Crippen molar-refractivity contribution in [1.29, 1.82) is 0 Å². The standard InChI is InChI=1S/C28H24F2/c1-3-5-6-22-11-13-23(14-12-22)15-16-25-19-27(29)26(28(30)20-25)18-17-24-9-7-21(4-2)8-10-24/h7-14,19-20H,3-6H2,1-2H3. The van der Waals surface area contributed by atoms with Crippen LogP contribution in [0.2, 0.25) is 0 Å². The van der Waals surface area contributed by atoms with E-state index in [2.05, 4.69) is 37.5 Å². The summed E-state index contributed by atoms with van der Waals surface area (Å²) in [7, 11) is 0. The lowest BCUT2D eigenvalue weighted by atomic mass is 10.1. The Balaban J connectivity index is 1.77. The zero-order chi connectivity index (χ0) is 21.3. The maximum absolute atomic E-state index is 14.4. The van der Waals surface area contributed by atoms with Gasteiger partial charge in [0.15, 0.2) is 0 Å². The highest BCUT2D eigenvalue weighted by atomic mass is 19.1. The van der Waals surface area contributed by atoms with Crippen LogP contribution in [-0.4, -0.2) is 0 Å². The molecule has 3 aromatic rings. The van der Waals surface area contributed by atoms with E-state index in [0.717, 1.165) is 36.8 Å². The SMILES string of the molecule is CCCCc1ccc(C#Cc2cc(F)c(C#Cc3ccc(CC)cc3)c(F)c2)cc1. The fraction of sp³-hybridized carbons (Fsp3) is 0.214. The minimum atomic E-state index is -0.702. The molecule has 0 fully saturated rings. The lowest BCUT2D eigenvalue weighted by molar-refractivity contribution is 0.577. The third-order valence-electron chi connectivity index (χ3n) is 4.86. The molecule has 0 nitrogen and oxygen atoms in total. The second-order valence-electron chi connectivity index (χ2n) is 7.17. The van der Waals surface area contributed by atoms with Gasteiger partial charge in [-0.1, -0.05) is 68.2 Å². The molecule has 0 aliphatic rings. The van der Waals surface area contributed by atoms with Crippen molar-refractivity contribution in [2.75, 3.05) is 0 Å². The van der Waals surface area contributed by atoms with Gasteiger partial charge in [-0.15, -0.1) is 0 Å². The van der Waals surface area contributed by atoms with Gasteiger partial charge in [-0.25, -0.2) is 8.78 Å². The summed E-state index contributed by atoms with van der Waals surface area (Å²) in [6, 6.07) is 18.1. The van der Waals surface area contributed by atoms with Crippen LogP contribution in [0.15, 0.2) is 60.7 Å². The Morgan fingerprint density at radius 2 is 1.13 bits per heavy atom. The first-order valence-electron chi connectivity index (χ1n) is 10.3. The summed E-state index contributed by atoms with van der Waals surface area (Å²) in [4.78, 5) is 0. The van der Waals surface area contributed by atoms with E-state index in [-0.39, 0.29) is 11.1 Å². The Morgan fingerprint density at radius 3 is 1.67 bits per heavy atom. The smallest absolute Gasteiger partial charge is 0.143 e. The minimum absolute atomic E-state index is 0.236. The second kappa shape index (κ2) is 10.4. The predicted octanol–water partition coefficient (Wildman–Crippen LogP) is 6.67. The summed E-state index contributed by atoms with van der Waals surface area (Å²) in [5.41, 5.74) is 4.05. The summed E-state index contributed by atoms with van der Waals surface area (Å²) in [6.07, 6.45) is 4.29. The van der Waals surface area contributed by atoms with Gasteiger partial charge in [0.05, 0.1) is 5.56 Å². The average Bonchev–Trinajstić information content (AvgIpc) is 2.77. The van der Waals surface area contributed by atoms with Crippen molar-refractivity contribution in [1.82, 2.24) is 0 Å². The molecule has 0 aliphatic carbocycles. The highest BCUT2D eigenvalue weighted by Gasteiger charge is 2.08. The molecule has 0 amide bonds. The quantitative estimate of drug-likeness (QED) is 0.431. The molecule has 3 aromatic carbocycles. The zero-order valence-electron chi connectivity index (χ0n) is 17.4. The Kier molecular flexibility index (Phi) is 7.42. The Labute approximate surface area is 178 Å². The molecule has 0 saturated heterocycles. The van der Waals surface area contributed by atoms with Gasteiger partial charge in [-0.05, 0) is 66.8 Å². The first kappa shape index (κ1) is 21.4. The summed E-state index contributed by atoms with van der Waals surface area (Å²) in [5, 5.41) is 0. The van der Waals surface area contributed by atoms with Gasteiger partial charge in [-0.3, -0.25) is 0 Å². The van der Waals surface area contributed by atoms with Crippen LogP contribution in [0.5, 0.6) is 0 Å². The van der Waals surface area contributed by atoms with Crippen LogP contribution in [0.3, 0.4) is 0 Å². The number of rotatable bonds is 4. The van der Waals surface area contributed by atoms with E-state index in [1.165, 1.54) is 23.3 Å². The van der Waals surface area contributed by atoms with Gasteiger partial charge >= 0.3 is 0 Å². The molecule has 0 bridgehead atoms. The van der Waals surface area contributed by atoms with Crippen LogP contribution in [0, 0.1) is 35.3 Å². The highest BCUT2D eigenvalue weighted by Crippen LogP contribution is 2.15. The summed E-state index contributed by atoms with van der Waals surface area (Å²) in [6.45, 7) is 4.23. The van der Waals surface area contributed by atoms with E-state index >= 15 is 0 Å². The van der Waals surface area contributed by atoms with Crippen molar-refractivity contribution in [2.45, 2.75) is 39.5 Å². The van der Waals surface area contributed by atoms with Crippen LogP contribution in [0.4, 0.5) is 8.78 Å². The lowest BCUT2D eigenvalue weighted by Crippen LogP contribution is -1.92. The molecule has 0 radical (unpaired) electrons. The van der Waals surface area contributed by atoms with E-state index in [0.29, 0.717) is 0 Å². The van der Waals surface area contributed by atoms with Gasteiger partial charge < -0.3 is 0 Å². The van der Waals surface area contributed by atoms with Crippen molar-refractivity contribution < 1.29 is 8.78 Å². The summed E-state index contributed by atoms with van der Waals surface area (Å²) < 4.78 is 28.8. The highest BCUT2D eigenvalue weighted by molar-refractivity contribution is 5.49. The molecular weight excluding hydrogens is 374 g/mol. The predicted molar refractivity (Wildman–Crippen MR) is 119 cm³/mol. The molecule has 2 heteroatoms. The molecular formula is C28H24F2. The summed E-state index contributed by atoms with van der Waals surface area (Å²) >= 11 is 0. The molecule has 3 rings (SSSR count). The summed E-state index contributed by atoms with van der Waals surface area (Å²) in [5.74, 6) is 9.84. The molecule has 30 heavy (non-hydrogen) atoms. The largest absolute Gasteiger partial charge is 0.205 e. The van der Waals surface area contributed by atoms with Crippen LogP contribution < -0.4 is 0 Å². The van der Waals surface area contributed by atoms with Crippen molar-refractivity contribution in [3.8, 4) is 23.7 Å². The molecule has 0 saturated carbocycles. The third-order valence-corrected chi connectivity index (χ3v) is 4.86. The normalized spacial score (nSPS) is 10.0. The maximum Gasteiger partial charge on any atom is 0.143 e. The fourth-order valence-corrected chi connectivity index (χ4v) is 3.00. The maximum atomic E-state index is 14.4. The molecule has 0 heterocycles. The first-order valence-corrected chi connectivity index (χ1v) is 10.3. The number of benzene rings is 3. The molecule has 0 aliphatic heterocycles. The van der Waals surface area contributed by atoms with Crippen LogP contribution >= 0.6 is 0 Å². The Hall–Kier alpha value is -3.36. The van der Waals surface area contributed by atoms with Crippen molar-refractivity contribution in [3.05, 3.63) is 106 Å². The second-order valence-corrected chi connectivity index (χ2v) is 7.17. The van der Waals surface area contributed by atoms with Crippen LogP contribution in [0.25, 0.3) is 0 Å². The van der Waals surface area contributed by atoms with Crippen molar-refractivity contribution >= 4 is 0 Å². The number of unbranched alkanes of at least 4 members (excludes halogenated alkanes) is 1. The molecule has 0 aromatic heterocycles. The number of aryl methyl sites for hydroxylation is 2. The zero-order valence-corrected chi connectivity index (χ0v) is 17.4. The van der Waals surface area contributed by atoms with Gasteiger partial charge in [0.25, 0.3) is 0 Å². The van der Waals surface area contributed by atoms with Crippen LogP contribution in [0.1, 0.15) is 60.1 Å². The van der Waals surface area contributed by atoms with E-state index in [1.54, 1.807) is 0 Å². The number of hydrogen-bond donors (Lipinski definition) is 0. The van der Waals surface area contributed by atoms with Gasteiger partial charge in [-0.2, -0.15) is 0 Å². The molecule has 0 N–H and O–H groups in total. The van der Waals surface area contributed by atoms with E-state index in [9.17, 15) is 8.78 Å². The van der Waals surface area contributed by atoms with Crippen molar-refractivity contribution in [2.24, 2.45) is 0 Å². The van der Waals surface area contributed by atoms with E-state index in [4.69, 9.17) is 0 Å². The van der Waals surface area contributed by atoms with Crippen molar-refractivity contribution in [3.63, 3.8) is 0 Å². The van der Waals surface area contributed by atoms with Gasteiger partial charge in [0, 0.05) is 16.7 Å². The number of hydrogen-bond acceptors (Lipinski definition) is 0. The molecule has 150 valence electrons. The topological polar surface area (TPSA) is 0 Å². The minimum Gasteiger partial charge on any atom is -0.205 e. The molecule has 0 atom stereocenters. The third kappa shape index (κ3) is 5.82.